The van der Waals surface area contributed by atoms with E-state index in [1.807, 2.05) is 29.9 Å². The van der Waals surface area contributed by atoms with Crippen LogP contribution in [0.3, 0.4) is 0 Å². The van der Waals surface area contributed by atoms with Gasteiger partial charge in [0.15, 0.2) is 17.2 Å². The fourth-order valence-electron chi connectivity index (χ4n) is 3.70. The minimum atomic E-state index is -0.144. The smallest absolute Gasteiger partial charge is 0.272 e. The number of benzene rings is 1. The van der Waals surface area contributed by atoms with Crippen LogP contribution in [0, 0.1) is 0 Å². The van der Waals surface area contributed by atoms with Crippen molar-refractivity contribution >= 4 is 5.91 Å². The van der Waals surface area contributed by atoms with Gasteiger partial charge in [-0.1, -0.05) is 0 Å². The van der Waals surface area contributed by atoms with Crippen LogP contribution in [0.2, 0.25) is 0 Å². The zero-order valence-electron chi connectivity index (χ0n) is 16.2. The summed E-state index contributed by atoms with van der Waals surface area (Å²) >= 11 is 0. The summed E-state index contributed by atoms with van der Waals surface area (Å²) in [4.78, 5) is 16.7. The Kier molecular flexibility index (Phi) is 4.77. The number of ether oxygens (including phenoxy) is 2. The van der Waals surface area contributed by atoms with E-state index >= 15 is 0 Å². The van der Waals surface area contributed by atoms with Crippen molar-refractivity contribution in [1.29, 1.82) is 0 Å². The van der Waals surface area contributed by atoms with Crippen LogP contribution in [0.1, 0.15) is 28.0 Å². The molecule has 8 heteroatoms. The molecule has 0 bridgehead atoms. The SMILES string of the molecule is COc1cc2c(cc1OC)-c1c(c(C(=O)NCCCn3ccnc3)nn1C)C2. The predicted octanol–water partition coefficient (Wildman–Crippen LogP) is 2.03. The van der Waals surface area contributed by atoms with E-state index < -0.39 is 0 Å². The van der Waals surface area contributed by atoms with Crippen LogP contribution in [0.25, 0.3) is 11.3 Å². The number of imidazole rings is 1. The van der Waals surface area contributed by atoms with Crippen molar-refractivity contribution < 1.29 is 14.3 Å². The van der Waals surface area contributed by atoms with Crippen LogP contribution in [-0.4, -0.2) is 46.0 Å². The minimum absolute atomic E-state index is 0.144. The largest absolute Gasteiger partial charge is 0.493 e. The van der Waals surface area contributed by atoms with E-state index in [0.29, 0.717) is 30.2 Å². The molecule has 0 atom stereocenters. The number of amides is 1. The molecule has 0 saturated heterocycles. The number of carbonyl (C=O) groups excluding carboxylic acids is 1. The van der Waals surface area contributed by atoms with Crippen molar-refractivity contribution in [2.24, 2.45) is 7.05 Å². The monoisotopic (exact) mass is 381 g/mol. The van der Waals surface area contributed by atoms with Crippen molar-refractivity contribution in [3.8, 4) is 22.8 Å². The molecule has 0 radical (unpaired) electrons. The van der Waals surface area contributed by atoms with Gasteiger partial charge in [-0.15, -0.1) is 0 Å². The summed E-state index contributed by atoms with van der Waals surface area (Å²) in [5.74, 6) is 1.21. The van der Waals surface area contributed by atoms with Crippen molar-refractivity contribution in [3.63, 3.8) is 0 Å². The third kappa shape index (κ3) is 3.11. The zero-order chi connectivity index (χ0) is 19.7. The number of nitrogens with zero attached hydrogens (tertiary/aromatic N) is 4. The number of carbonyl (C=O) groups is 1. The third-order valence-electron chi connectivity index (χ3n) is 5.03. The topological polar surface area (TPSA) is 83.2 Å². The maximum Gasteiger partial charge on any atom is 0.272 e. The highest BCUT2D eigenvalue weighted by molar-refractivity contribution is 5.97. The Labute approximate surface area is 163 Å². The molecule has 3 aromatic rings. The molecule has 1 aliphatic carbocycles. The Hall–Kier alpha value is -3.29. The van der Waals surface area contributed by atoms with E-state index in [9.17, 15) is 4.79 Å². The summed E-state index contributed by atoms with van der Waals surface area (Å²) in [6, 6.07) is 3.93. The lowest BCUT2D eigenvalue weighted by molar-refractivity contribution is 0.0946. The first-order valence-corrected chi connectivity index (χ1v) is 9.17. The summed E-state index contributed by atoms with van der Waals surface area (Å²) in [5, 5.41) is 7.45. The first-order valence-electron chi connectivity index (χ1n) is 9.17. The lowest BCUT2D eigenvalue weighted by Crippen LogP contribution is -2.26. The molecule has 146 valence electrons. The summed E-state index contributed by atoms with van der Waals surface area (Å²) in [5.41, 5.74) is 4.52. The molecule has 1 aliphatic rings. The van der Waals surface area contributed by atoms with Crippen LogP contribution in [0.15, 0.2) is 30.9 Å². The molecule has 1 N–H and O–H groups in total. The standard InChI is InChI=1S/C20H23N5O3/c1-24-19-14-11-17(28-3)16(27-2)10-13(14)9-15(19)18(23-24)20(26)22-5-4-7-25-8-6-21-12-25/h6,8,10-12H,4-5,7,9H2,1-3H3,(H,22,26). The van der Waals surface area contributed by atoms with Crippen molar-refractivity contribution in [2.75, 3.05) is 20.8 Å². The molecule has 8 nitrogen and oxygen atoms in total. The second-order valence-corrected chi connectivity index (χ2v) is 6.75. The molecular formula is C20H23N5O3. The number of aromatic nitrogens is 4. The number of hydrogen-bond acceptors (Lipinski definition) is 5. The van der Waals surface area contributed by atoms with E-state index in [2.05, 4.69) is 15.4 Å². The van der Waals surface area contributed by atoms with Gasteiger partial charge in [0.1, 0.15) is 0 Å². The third-order valence-corrected chi connectivity index (χ3v) is 5.03. The van der Waals surface area contributed by atoms with Crippen LogP contribution in [0.4, 0.5) is 0 Å². The Morgan fingerprint density at radius 1 is 1.25 bits per heavy atom. The fourth-order valence-corrected chi connectivity index (χ4v) is 3.70. The molecule has 0 fully saturated rings. The van der Waals surface area contributed by atoms with E-state index in [1.54, 1.807) is 31.4 Å². The molecular weight excluding hydrogens is 358 g/mol. The Morgan fingerprint density at radius 2 is 2.04 bits per heavy atom. The zero-order valence-corrected chi connectivity index (χ0v) is 16.2. The van der Waals surface area contributed by atoms with Gasteiger partial charge in [-0.25, -0.2) is 4.98 Å². The molecule has 2 aromatic heterocycles. The Balaban J connectivity index is 1.51. The minimum Gasteiger partial charge on any atom is -0.493 e. The van der Waals surface area contributed by atoms with Crippen molar-refractivity contribution in [2.45, 2.75) is 19.4 Å². The first kappa shape index (κ1) is 18.1. The van der Waals surface area contributed by atoms with Gasteiger partial charge in [0, 0.05) is 50.1 Å². The maximum absolute atomic E-state index is 12.7. The molecule has 0 unspecified atom stereocenters. The summed E-state index contributed by atoms with van der Waals surface area (Å²) in [7, 11) is 5.10. The highest BCUT2D eigenvalue weighted by atomic mass is 16.5. The quantitative estimate of drug-likeness (QED) is 0.495. The fraction of sp³-hybridized carbons (Fsp3) is 0.350. The van der Waals surface area contributed by atoms with Gasteiger partial charge in [0.2, 0.25) is 0 Å². The second-order valence-electron chi connectivity index (χ2n) is 6.75. The van der Waals surface area contributed by atoms with Crippen molar-refractivity contribution in [3.05, 3.63) is 47.7 Å². The molecule has 28 heavy (non-hydrogen) atoms. The number of methoxy groups -OCH3 is 2. The molecule has 2 heterocycles. The lowest BCUT2D eigenvalue weighted by Gasteiger charge is -2.11. The molecule has 4 rings (SSSR count). The van der Waals surface area contributed by atoms with Gasteiger partial charge < -0.3 is 19.4 Å². The molecule has 0 saturated carbocycles. The van der Waals surface area contributed by atoms with Crippen LogP contribution in [0.5, 0.6) is 11.5 Å². The van der Waals surface area contributed by atoms with Crippen LogP contribution in [-0.2, 0) is 20.0 Å². The van der Waals surface area contributed by atoms with Crippen LogP contribution >= 0.6 is 0 Å². The van der Waals surface area contributed by atoms with Gasteiger partial charge in [0.25, 0.3) is 5.91 Å². The lowest BCUT2D eigenvalue weighted by atomic mass is 10.1. The van der Waals surface area contributed by atoms with E-state index in [4.69, 9.17) is 9.47 Å². The number of fused-ring (bicyclic) bond motifs is 3. The number of rotatable bonds is 7. The molecule has 1 aromatic carbocycles. The first-order chi connectivity index (χ1) is 13.6. The van der Waals surface area contributed by atoms with E-state index in [-0.39, 0.29) is 5.91 Å². The van der Waals surface area contributed by atoms with Crippen molar-refractivity contribution in [1.82, 2.24) is 24.6 Å². The average molecular weight is 381 g/mol. The number of nitrogens with one attached hydrogen (secondary N) is 1. The van der Waals surface area contributed by atoms with Crippen LogP contribution < -0.4 is 14.8 Å². The van der Waals surface area contributed by atoms with E-state index in [1.165, 1.54) is 0 Å². The Bertz CT molecular complexity index is 1010. The maximum atomic E-state index is 12.7. The van der Waals surface area contributed by atoms with Gasteiger partial charge in [-0.2, -0.15) is 5.10 Å². The predicted molar refractivity (Wildman–Crippen MR) is 104 cm³/mol. The molecule has 0 spiro atoms. The summed E-state index contributed by atoms with van der Waals surface area (Å²) < 4.78 is 14.6. The normalized spacial score (nSPS) is 11.8. The second kappa shape index (κ2) is 7.38. The number of hydrogen-bond donors (Lipinski definition) is 1. The summed E-state index contributed by atoms with van der Waals surface area (Å²) in [6.45, 7) is 1.39. The number of aryl methyl sites for hydroxylation is 2. The van der Waals surface area contributed by atoms with E-state index in [0.717, 1.165) is 35.3 Å². The van der Waals surface area contributed by atoms with Gasteiger partial charge in [0.05, 0.1) is 26.2 Å². The highest BCUT2D eigenvalue weighted by Crippen LogP contribution is 2.43. The molecule has 1 amide bonds. The Morgan fingerprint density at radius 3 is 2.75 bits per heavy atom. The van der Waals surface area contributed by atoms with Gasteiger partial charge >= 0.3 is 0 Å². The van der Waals surface area contributed by atoms with Gasteiger partial charge in [-0.3, -0.25) is 9.48 Å². The van der Waals surface area contributed by atoms with Gasteiger partial charge in [-0.05, 0) is 24.1 Å². The molecule has 0 aliphatic heterocycles. The highest BCUT2D eigenvalue weighted by Gasteiger charge is 2.30. The average Bonchev–Trinajstić information content (AvgIpc) is 3.41. The summed E-state index contributed by atoms with van der Waals surface area (Å²) in [6.07, 6.45) is 6.90.